The van der Waals surface area contributed by atoms with E-state index in [1.165, 1.54) is 38.8 Å². The number of nitrogens with one attached hydrogen (secondary N) is 1. The molecule has 0 saturated carbocycles. The lowest BCUT2D eigenvalue weighted by Gasteiger charge is -2.39. The molecule has 0 radical (unpaired) electrons. The fourth-order valence-electron chi connectivity index (χ4n) is 4.60. The Morgan fingerprint density at radius 1 is 1.19 bits per heavy atom. The molecule has 120 valence electrons. The third kappa shape index (κ3) is 2.72. The number of fused-ring (bicyclic) bond motifs is 1. The lowest BCUT2D eigenvalue weighted by Crippen LogP contribution is -2.53. The average molecular weight is 293 g/mol. The molecule has 0 aromatic rings. The molecule has 3 fully saturated rings. The van der Waals surface area contributed by atoms with Crippen molar-refractivity contribution in [2.75, 3.05) is 13.1 Å². The van der Waals surface area contributed by atoms with Crippen LogP contribution >= 0.6 is 0 Å². The summed E-state index contributed by atoms with van der Waals surface area (Å²) in [4.78, 5) is 17.8. The molecule has 0 bridgehead atoms. The van der Waals surface area contributed by atoms with Crippen molar-refractivity contribution in [1.82, 2.24) is 15.1 Å². The first-order valence-electron chi connectivity index (χ1n) is 8.95. The molecule has 4 atom stereocenters. The lowest BCUT2D eigenvalue weighted by molar-refractivity contribution is -0.133. The fraction of sp³-hybridized carbons (Fsp3) is 0.941. The second kappa shape index (κ2) is 6.25. The van der Waals surface area contributed by atoms with E-state index < -0.39 is 0 Å². The van der Waals surface area contributed by atoms with Crippen LogP contribution in [0.5, 0.6) is 0 Å². The van der Waals surface area contributed by atoms with E-state index in [1.54, 1.807) is 0 Å². The maximum atomic E-state index is 12.9. The van der Waals surface area contributed by atoms with Crippen LogP contribution < -0.4 is 5.32 Å². The van der Waals surface area contributed by atoms with Crippen molar-refractivity contribution in [3.63, 3.8) is 0 Å². The van der Waals surface area contributed by atoms with E-state index in [-0.39, 0.29) is 12.2 Å². The third-order valence-corrected chi connectivity index (χ3v) is 5.61. The van der Waals surface area contributed by atoms with E-state index in [1.807, 2.05) is 0 Å². The van der Waals surface area contributed by atoms with Crippen LogP contribution in [-0.2, 0) is 4.79 Å². The highest BCUT2D eigenvalue weighted by Crippen LogP contribution is 2.34. The van der Waals surface area contributed by atoms with Gasteiger partial charge in [0.15, 0.2) is 0 Å². The fourth-order valence-corrected chi connectivity index (χ4v) is 4.60. The molecule has 3 rings (SSSR count). The highest BCUT2D eigenvalue weighted by molar-refractivity contribution is 5.84. The summed E-state index contributed by atoms with van der Waals surface area (Å²) >= 11 is 0. The van der Waals surface area contributed by atoms with Gasteiger partial charge in [0.25, 0.3) is 0 Å². The molecule has 3 heterocycles. The van der Waals surface area contributed by atoms with Crippen molar-refractivity contribution in [3.05, 3.63) is 0 Å². The Morgan fingerprint density at radius 2 is 2.00 bits per heavy atom. The molecule has 0 aromatic heterocycles. The molecular weight excluding hydrogens is 262 g/mol. The van der Waals surface area contributed by atoms with Crippen molar-refractivity contribution in [2.45, 2.75) is 83.6 Å². The minimum Gasteiger partial charge on any atom is -0.321 e. The molecule has 4 nitrogen and oxygen atoms in total. The Hall–Kier alpha value is -0.610. The molecule has 1 amide bonds. The van der Waals surface area contributed by atoms with Gasteiger partial charge in [-0.15, -0.1) is 0 Å². The van der Waals surface area contributed by atoms with Gasteiger partial charge in [0, 0.05) is 12.6 Å². The summed E-state index contributed by atoms with van der Waals surface area (Å²) < 4.78 is 0. The smallest absolute Gasteiger partial charge is 0.241 e. The lowest BCUT2D eigenvalue weighted by atomic mass is 9.96. The van der Waals surface area contributed by atoms with Crippen LogP contribution in [0.25, 0.3) is 0 Å². The van der Waals surface area contributed by atoms with Crippen LogP contribution in [0.4, 0.5) is 0 Å². The van der Waals surface area contributed by atoms with Gasteiger partial charge in [-0.25, -0.2) is 0 Å². The Bertz CT molecular complexity index is 384. The highest BCUT2D eigenvalue weighted by atomic mass is 16.2. The van der Waals surface area contributed by atoms with Gasteiger partial charge in [0.05, 0.1) is 18.2 Å². The van der Waals surface area contributed by atoms with E-state index in [9.17, 15) is 4.79 Å². The number of rotatable bonds is 4. The van der Waals surface area contributed by atoms with Crippen LogP contribution in [0.1, 0.15) is 59.3 Å². The maximum Gasteiger partial charge on any atom is 0.241 e. The van der Waals surface area contributed by atoms with Crippen LogP contribution in [0.15, 0.2) is 0 Å². The first-order chi connectivity index (χ1) is 10.1. The van der Waals surface area contributed by atoms with E-state index in [2.05, 4.69) is 35.9 Å². The zero-order valence-corrected chi connectivity index (χ0v) is 13.8. The third-order valence-electron chi connectivity index (χ3n) is 5.61. The molecule has 3 saturated heterocycles. The Morgan fingerprint density at radius 3 is 2.71 bits per heavy atom. The minimum atomic E-state index is 0.0556. The highest BCUT2D eigenvalue weighted by Gasteiger charge is 2.48. The number of nitrogens with zero attached hydrogens (tertiary/aromatic N) is 2. The van der Waals surface area contributed by atoms with Crippen molar-refractivity contribution >= 4 is 5.91 Å². The number of hydrogen-bond acceptors (Lipinski definition) is 3. The monoisotopic (exact) mass is 293 g/mol. The van der Waals surface area contributed by atoms with Crippen LogP contribution in [0.3, 0.4) is 0 Å². The zero-order valence-electron chi connectivity index (χ0n) is 13.8. The molecule has 4 heteroatoms. The van der Waals surface area contributed by atoms with Gasteiger partial charge in [-0.1, -0.05) is 33.6 Å². The topological polar surface area (TPSA) is 35.6 Å². The zero-order chi connectivity index (χ0) is 15.0. The van der Waals surface area contributed by atoms with Crippen LogP contribution in [0.2, 0.25) is 0 Å². The van der Waals surface area contributed by atoms with Crippen molar-refractivity contribution in [3.8, 4) is 0 Å². The molecule has 0 spiro atoms. The van der Waals surface area contributed by atoms with Gasteiger partial charge >= 0.3 is 0 Å². The molecule has 1 N–H and O–H groups in total. The Labute approximate surface area is 129 Å². The number of piperidine rings is 1. The number of carbonyl (C=O) groups is 1. The van der Waals surface area contributed by atoms with Crippen molar-refractivity contribution < 1.29 is 4.79 Å². The number of amides is 1. The first kappa shape index (κ1) is 15.3. The van der Waals surface area contributed by atoms with Crippen LogP contribution in [0, 0.1) is 5.92 Å². The molecule has 0 aromatic carbocycles. The maximum absolute atomic E-state index is 12.9. The predicted molar refractivity (Wildman–Crippen MR) is 84.9 cm³/mol. The molecule has 21 heavy (non-hydrogen) atoms. The normalized spacial score (nSPS) is 37.5. The molecule has 3 aliphatic heterocycles. The van der Waals surface area contributed by atoms with Crippen LogP contribution in [-0.4, -0.2) is 53.1 Å². The van der Waals surface area contributed by atoms with E-state index >= 15 is 0 Å². The molecule has 4 unspecified atom stereocenters. The van der Waals surface area contributed by atoms with Crippen molar-refractivity contribution in [1.29, 1.82) is 0 Å². The molecular formula is C17H31N3O. The van der Waals surface area contributed by atoms with Gasteiger partial charge in [0.1, 0.15) is 0 Å². The van der Waals surface area contributed by atoms with Gasteiger partial charge in [-0.2, -0.15) is 0 Å². The summed E-state index contributed by atoms with van der Waals surface area (Å²) in [5.74, 6) is 0.849. The summed E-state index contributed by atoms with van der Waals surface area (Å²) in [5, 5.41) is 3.62. The van der Waals surface area contributed by atoms with Gasteiger partial charge in [-0.05, 0) is 38.1 Å². The summed E-state index contributed by atoms with van der Waals surface area (Å²) in [6, 6.07) is 1.12. The SMILES string of the molecule is CCCC1NC(C(C)C)N(C2CCN3CCCCC23)C1=O. The largest absolute Gasteiger partial charge is 0.321 e. The minimum absolute atomic E-state index is 0.0556. The van der Waals surface area contributed by atoms with Gasteiger partial charge in [-0.3, -0.25) is 15.0 Å². The average Bonchev–Trinajstić information content (AvgIpc) is 3.02. The van der Waals surface area contributed by atoms with E-state index in [4.69, 9.17) is 0 Å². The van der Waals surface area contributed by atoms with Crippen molar-refractivity contribution in [2.24, 2.45) is 5.92 Å². The summed E-state index contributed by atoms with van der Waals surface area (Å²) in [5.41, 5.74) is 0. The summed E-state index contributed by atoms with van der Waals surface area (Å²) in [6.45, 7) is 9.06. The summed E-state index contributed by atoms with van der Waals surface area (Å²) in [7, 11) is 0. The molecule has 0 aliphatic carbocycles. The second-order valence-electron chi connectivity index (χ2n) is 7.40. The second-order valence-corrected chi connectivity index (χ2v) is 7.40. The van der Waals surface area contributed by atoms with E-state index in [0.717, 1.165) is 12.8 Å². The van der Waals surface area contributed by atoms with Gasteiger partial charge in [0.2, 0.25) is 5.91 Å². The van der Waals surface area contributed by atoms with Gasteiger partial charge < -0.3 is 4.90 Å². The quantitative estimate of drug-likeness (QED) is 0.863. The number of carbonyl (C=O) groups excluding carboxylic acids is 1. The summed E-state index contributed by atoms with van der Waals surface area (Å²) in [6.07, 6.45) is 7.39. The Balaban J connectivity index is 1.79. The Kier molecular flexibility index (Phi) is 4.55. The number of hydrogen-bond donors (Lipinski definition) is 1. The first-order valence-corrected chi connectivity index (χ1v) is 8.95. The standard InChI is InChI=1S/C17H31N3O/c1-4-7-13-17(21)20(16(18-13)12(2)3)15-9-11-19-10-6-5-8-14(15)19/h12-16,18H,4-11H2,1-3H3. The van der Waals surface area contributed by atoms with E-state index in [0.29, 0.717) is 23.9 Å². The predicted octanol–water partition coefficient (Wildman–Crippen LogP) is 2.20. The molecule has 3 aliphatic rings.